The van der Waals surface area contributed by atoms with Crippen molar-refractivity contribution in [2.75, 3.05) is 6.54 Å². The number of rotatable bonds is 5. The highest BCUT2D eigenvalue weighted by Crippen LogP contribution is 2.21. The number of halogens is 2. The van der Waals surface area contributed by atoms with Crippen molar-refractivity contribution >= 4 is 11.6 Å². The van der Waals surface area contributed by atoms with Crippen LogP contribution in [0.2, 0.25) is 5.02 Å². The van der Waals surface area contributed by atoms with Gasteiger partial charge in [0, 0.05) is 6.54 Å². The van der Waals surface area contributed by atoms with Gasteiger partial charge in [-0.3, -0.25) is 0 Å². The zero-order valence-electron chi connectivity index (χ0n) is 10.0. The monoisotopic (exact) mass is 268 g/mol. The van der Waals surface area contributed by atoms with E-state index in [1.807, 2.05) is 0 Å². The Labute approximate surface area is 110 Å². The molecule has 18 heavy (non-hydrogen) atoms. The van der Waals surface area contributed by atoms with Crippen molar-refractivity contribution in [3.05, 3.63) is 40.9 Å². The zero-order valence-corrected chi connectivity index (χ0v) is 10.8. The Morgan fingerprint density at radius 3 is 3.06 bits per heavy atom. The third kappa shape index (κ3) is 2.68. The number of aromatic nitrogens is 3. The standard InChI is InChI=1S/C12H14ClFN4/c1-2-6-15-7-9-8-16-17-18(9)11-5-3-4-10(13)12(11)14/h3-5,8,15H,2,6-7H2,1H3. The van der Waals surface area contributed by atoms with Crippen molar-refractivity contribution in [1.82, 2.24) is 20.3 Å². The van der Waals surface area contributed by atoms with Crippen molar-refractivity contribution in [2.45, 2.75) is 19.9 Å². The summed E-state index contributed by atoms with van der Waals surface area (Å²) >= 11 is 5.76. The molecule has 0 aliphatic heterocycles. The van der Waals surface area contributed by atoms with Gasteiger partial charge in [-0.2, -0.15) is 0 Å². The lowest BCUT2D eigenvalue weighted by Crippen LogP contribution is -2.17. The molecule has 4 nitrogen and oxygen atoms in total. The molecule has 96 valence electrons. The summed E-state index contributed by atoms with van der Waals surface area (Å²) in [4.78, 5) is 0. The molecule has 1 heterocycles. The minimum atomic E-state index is -0.485. The SMILES string of the molecule is CCCNCc1cnnn1-c1cccc(Cl)c1F. The van der Waals surface area contributed by atoms with Gasteiger partial charge in [-0.05, 0) is 25.1 Å². The van der Waals surface area contributed by atoms with E-state index in [9.17, 15) is 4.39 Å². The van der Waals surface area contributed by atoms with E-state index in [4.69, 9.17) is 11.6 Å². The number of nitrogens with zero attached hydrogens (tertiary/aromatic N) is 3. The fourth-order valence-electron chi connectivity index (χ4n) is 1.63. The van der Waals surface area contributed by atoms with Gasteiger partial charge in [0.2, 0.25) is 0 Å². The molecule has 6 heteroatoms. The van der Waals surface area contributed by atoms with E-state index in [0.29, 0.717) is 12.2 Å². The molecule has 0 unspecified atom stereocenters. The molecule has 2 rings (SSSR count). The maximum atomic E-state index is 13.9. The highest BCUT2D eigenvalue weighted by molar-refractivity contribution is 6.30. The molecule has 0 spiro atoms. The van der Waals surface area contributed by atoms with Crippen molar-refractivity contribution in [3.8, 4) is 5.69 Å². The Morgan fingerprint density at radius 1 is 1.44 bits per heavy atom. The van der Waals surface area contributed by atoms with Crippen LogP contribution in [0.3, 0.4) is 0 Å². The minimum absolute atomic E-state index is 0.0791. The van der Waals surface area contributed by atoms with Crippen LogP contribution < -0.4 is 5.32 Å². The molecule has 1 aromatic carbocycles. The third-order valence-electron chi connectivity index (χ3n) is 2.51. The lowest BCUT2D eigenvalue weighted by atomic mass is 10.3. The summed E-state index contributed by atoms with van der Waals surface area (Å²) in [5.74, 6) is -0.485. The van der Waals surface area contributed by atoms with Crippen LogP contribution in [0.1, 0.15) is 19.0 Å². The average molecular weight is 269 g/mol. The van der Waals surface area contributed by atoms with Crippen molar-refractivity contribution in [3.63, 3.8) is 0 Å². The number of nitrogens with one attached hydrogen (secondary N) is 1. The molecule has 0 aliphatic rings. The second-order valence-electron chi connectivity index (χ2n) is 3.89. The van der Waals surface area contributed by atoms with Gasteiger partial charge in [-0.25, -0.2) is 9.07 Å². The highest BCUT2D eigenvalue weighted by atomic mass is 35.5. The van der Waals surface area contributed by atoms with Gasteiger partial charge < -0.3 is 5.32 Å². The lowest BCUT2D eigenvalue weighted by molar-refractivity contribution is 0.592. The fraction of sp³-hybridized carbons (Fsp3) is 0.333. The summed E-state index contributed by atoms with van der Waals surface area (Å²) in [6.45, 7) is 3.56. The Balaban J connectivity index is 2.28. The predicted molar refractivity (Wildman–Crippen MR) is 68.3 cm³/mol. The second kappa shape index (κ2) is 5.93. The summed E-state index contributed by atoms with van der Waals surface area (Å²) in [6.07, 6.45) is 2.65. The highest BCUT2D eigenvalue weighted by Gasteiger charge is 2.12. The number of benzene rings is 1. The van der Waals surface area contributed by atoms with Crippen molar-refractivity contribution in [1.29, 1.82) is 0 Å². The Morgan fingerprint density at radius 2 is 2.28 bits per heavy atom. The molecule has 0 atom stereocenters. The largest absolute Gasteiger partial charge is 0.311 e. The molecule has 1 aromatic heterocycles. The second-order valence-corrected chi connectivity index (χ2v) is 4.29. The van der Waals surface area contributed by atoms with Gasteiger partial charge >= 0.3 is 0 Å². The Kier molecular flexibility index (Phi) is 4.28. The summed E-state index contributed by atoms with van der Waals surface area (Å²) in [5, 5.41) is 11.0. The van der Waals surface area contributed by atoms with Crippen LogP contribution in [0.15, 0.2) is 24.4 Å². The molecule has 2 aromatic rings. The van der Waals surface area contributed by atoms with Crippen LogP contribution in [0, 0.1) is 5.82 Å². The van der Waals surface area contributed by atoms with Crippen LogP contribution in [-0.4, -0.2) is 21.5 Å². The molecule has 1 N–H and O–H groups in total. The molecular weight excluding hydrogens is 255 g/mol. The number of hydrogen-bond acceptors (Lipinski definition) is 3. The van der Waals surface area contributed by atoms with E-state index in [-0.39, 0.29) is 5.02 Å². The maximum absolute atomic E-state index is 13.9. The zero-order chi connectivity index (χ0) is 13.0. The molecule has 0 aliphatic carbocycles. The first-order chi connectivity index (χ1) is 8.74. The van der Waals surface area contributed by atoms with Crippen molar-refractivity contribution in [2.24, 2.45) is 0 Å². The quantitative estimate of drug-likeness (QED) is 0.848. The molecule has 0 fully saturated rings. The van der Waals surface area contributed by atoms with E-state index < -0.39 is 5.82 Å². The average Bonchev–Trinajstić information content (AvgIpc) is 2.81. The lowest BCUT2D eigenvalue weighted by Gasteiger charge is -2.08. The maximum Gasteiger partial charge on any atom is 0.167 e. The summed E-state index contributed by atoms with van der Waals surface area (Å²) in [5.41, 5.74) is 1.11. The van der Waals surface area contributed by atoms with E-state index in [1.165, 1.54) is 10.7 Å². The molecule has 0 bridgehead atoms. The first-order valence-electron chi connectivity index (χ1n) is 5.78. The van der Waals surface area contributed by atoms with Crippen LogP contribution in [0.5, 0.6) is 0 Å². The summed E-state index contributed by atoms with van der Waals surface area (Å²) < 4.78 is 15.4. The van der Waals surface area contributed by atoms with Gasteiger partial charge in [-0.15, -0.1) is 5.10 Å². The minimum Gasteiger partial charge on any atom is -0.311 e. The first-order valence-corrected chi connectivity index (χ1v) is 6.16. The first kappa shape index (κ1) is 13.0. The normalized spacial score (nSPS) is 10.8. The van der Waals surface area contributed by atoms with Gasteiger partial charge in [0.25, 0.3) is 0 Å². The molecular formula is C12H14ClFN4. The fourth-order valence-corrected chi connectivity index (χ4v) is 1.80. The van der Waals surface area contributed by atoms with E-state index in [2.05, 4.69) is 22.6 Å². The Hall–Kier alpha value is -1.46. The van der Waals surface area contributed by atoms with Gasteiger partial charge in [0.15, 0.2) is 5.82 Å². The topological polar surface area (TPSA) is 42.7 Å². The number of hydrogen-bond donors (Lipinski definition) is 1. The van der Waals surface area contributed by atoms with Crippen LogP contribution >= 0.6 is 11.6 Å². The van der Waals surface area contributed by atoms with Crippen LogP contribution in [0.4, 0.5) is 4.39 Å². The third-order valence-corrected chi connectivity index (χ3v) is 2.80. The summed E-state index contributed by atoms with van der Waals surface area (Å²) in [7, 11) is 0. The van der Waals surface area contributed by atoms with E-state index in [1.54, 1.807) is 18.3 Å². The molecule has 0 saturated heterocycles. The van der Waals surface area contributed by atoms with Gasteiger partial charge in [0.1, 0.15) is 5.69 Å². The van der Waals surface area contributed by atoms with Gasteiger partial charge in [-0.1, -0.05) is 29.8 Å². The van der Waals surface area contributed by atoms with Gasteiger partial charge in [0.05, 0.1) is 16.9 Å². The predicted octanol–water partition coefficient (Wildman–Crippen LogP) is 2.56. The van der Waals surface area contributed by atoms with Crippen LogP contribution in [-0.2, 0) is 6.54 Å². The Bertz CT molecular complexity index is 527. The van der Waals surface area contributed by atoms with Crippen LogP contribution in [0.25, 0.3) is 5.69 Å². The van der Waals surface area contributed by atoms with E-state index in [0.717, 1.165) is 18.7 Å². The molecule has 0 saturated carbocycles. The smallest absolute Gasteiger partial charge is 0.167 e. The molecule has 0 amide bonds. The van der Waals surface area contributed by atoms with Crippen molar-refractivity contribution < 1.29 is 4.39 Å². The summed E-state index contributed by atoms with van der Waals surface area (Å²) in [6, 6.07) is 4.82. The molecule has 0 radical (unpaired) electrons. The van der Waals surface area contributed by atoms with E-state index >= 15 is 0 Å².